The van der Waals surface area contributed by atoms with E-state index in [1.807, 2.05) is 33.8 Å². The highest BCUT2D eigenvalue weighted by atomic mass is 35.5. The van der Waals surface area contributed by atoms with Gasteiger partial charge in [0.25, 0.3) is 11.8 Å². The van der Waals surface area contributed by atoms with Gasteiger partial charge in [-0.25, -0.2) is 9.69 Å². The van der Waals surface area contributed by atoms with E-state index in [1.54, 1.807) is 30.3 Å². The van der Waals surface area contributed by atoms with Crippen molar-refractivity contribution in [3.63, 3.8) is 0 Å². The smallest absolute Gasteiger partial charge is 0.335 e. The SMILES string of the molecule is CCOc1cc(/C=C2\C(=O)NC(=O)N(c3cccc(C)c3)C2=O)cc(Cl)c1OC(C)C. The average Bonchev–Trinajstić information content (AvgIpc) is 2.68. The zero-order valence-electron chi connectivity index (χ0n) is 17.7. The number of carbonyl (C=O) groups excluding carboxylic acids is 3. The van der Waals surface area contributed by atoms with Crippen molar-refractivity contribution in [2.24, 2.45) is 0 Å². The van der Waals surface area contributed by atoms with Crippen LogP contribution in [0.5, 0.6) is 11.5 Å². The van der Waals surface area contributed by atoms with Crippen molar-refractivity contribution >= 4 is 41.2 Å². The van der Waals surface area contributed by atoms with Crippen LogP contribution in [0.3, 0.4) is 0 Å². The van der Waals surface area contributed by atoms with Gasteiger partial charge in [0.15, 0.2) is 11.5 Å². The van der Waals surface area contributed by atoms with Crippen LogP contribution in [-0.4, -0.2) is 30.6 Å². The molecule has 0 radical (unpaired) electrons. The zero-order valence-corrected chi connectivity index (χ0v) is 18.4. The third-order valence-electron chi connectivity index (χ3n) is 4.36. The standard InChI is InChI=1S/C23H23ClN2O5/c1-5-30-19-12-15(11-18(24)20(19)31-13(2)3)10-17-21(27)25-23(29)26(22(17)28)16-8-6-7-14(4)9-16/h6-13H,5H2,1-4H3,(H,25,27,29)/b17-10+. The van der Waals surface area contributed by atoms with Crippen LogP contribution in [0, 0.1) is 6.92 Å². The molecule has 4 amide bonds. The molecule has 1 heterocycles. The molecule has 1 aliphatic heterocycles. The first kappa shape index (κ1) is 22.4. The molecule has 7 nitrogen and oxygen atoms in total. The van der Waals surface area contributed by atoms with Crippen LogP contribution in [0.25, 0.3) is 6.08 Å². The topological polar surface area (TPSA) is 84.9 Å². The summed E-state index contributed by atoms with van der Waals surface area (Å²) < 4.78 is 11.4. The molecule has 3 rings (SSSR count). The number of barbiturate groups is 1. The highest BCUT2D eigenvalue weighted by Crippen LogP contribution is 2.38. The number of benzene rings is 2. The van der Waals surface area contributed by atoms with E-state index in [0.717, 1.165) is 10.5 Å². The maximum absolute atomic E-state index is 13.1. The number of anilines is 1. The number of hydrogen-bond acceptors (Lipinski definition) is 5. The molecule has 8 heteroatoms. The average molecular weight is 443 g/mol. The normalized spacial score (nSPS) is 15.5. The Morgan fingerprint density at radius 2 is 1.90 bits per heavy atom. The van der Waals surface area contributed by atoms with E-state index in [9.17, 15) is 14.4 Å². The highest BCUT2D eigenvalue weighted by molar-refractivity contribution is 6.39. The van der Waals surface area contributed by atoms with E-state index in [2.05, 4.69) is 5.32 Å². The predicted molar refractivity (Wildman–Crippen MR) is 119 cm³/mol. The Kier molecular flexibility index (Phi) is 6.65. The molecule has 0 aliphatic carbocycles. The second-order valence-electron chi connectivity index (χ2n) is 7.23. The van der Waals surface area contributed by atoms with Gasteiger partial charge < -0.3 is 9.47 Å². The van der Waals surface area contributed by atoms with Crippen molar-refractivity contribution in [2.75, 3.05) is 11.5 Å². The molecule has 0 aromatic heterocycles. The number of halogens is 1. The molecule has 0 unspecified atom stereocenters. The van der Waals surface area contributed by atoms with Gasteiger partial charge in [0.2, 0.25) is 0 Å². The monoisotopic (exact) mass is 442 g/mol. The first-order valence-electron chi connectivity index (χ1n) is 9.82. The second kappa shape index (κ2) is 9.22. The van der Waals surface area contributed by atoms with E-state index in [1.165, 1.54) is 6.08 Å². The molecule has 1 saturated heterocycles. The molecule has 162 valence electrons. The number of ether oxygens (including phenoxy) is 2. The number of urea groups is 1. The lowest BCUT2D eigenvalue weighted by Gasteiger charge is -2.26. The van der Waals surface area contributed by atoms with Gasteiger partial charge in [0.1, 0.15) is 5.57 Å². The van der Waals surface area contributed by atoms with Crippen molar-refractivity contribution in [3.05, 3.63) is 58.1 Å². The van der Waals surface area contributed by atoms with Crippen LogP contribution in [0.1, 0.15) is 31.9 Å². The number of nitrogens with zero attached hydrogens (tertiary/aromatic N) is 1. The highest BCUT2D eigenvalue weighted by Gasteiger charge is 2.36. The fourth-order valence-electron chi connectivity index (χ4n) is 3.11. The van der Waals surface area contributed by atoms with Gasteiger partial charge >= 0.3 is 6.03 Å². The van der Waals surface area contributed by atoms with Crippen molar-refractivity contribution in [1.82, 2.24) is 5.32 Å². The molecule has 0 spiro atoms. The predicted octanol–water partition coefficient (Wildman–Crippen LogP) is 4.50. The van der Waals surface area contributed by atoms with E-state index in [0.29, 0.717) is 29.4 Å². The molecule has 0 atom stereocenters. The number of rotatable bonds is 6. The molecule has 0 bridgehead atoms. The Morgan fingerprint density at radius 1 is 1.16 bits per heavy atom. The fraction of sp³-hybridized carbons (Fsp3) is 0.261. The third kappa shape index (κ3) is 4.88. The molecule has 1 N–H and O–H groups in total. The quantitative estimate of drug-likeness (QED) is 0.526. The van der Waals surface area contributed by atoms with Gasteiger partial charge in [0.05, 0.1) is 23.4 Å². The van der Waals surface area contributed by atoms with Crippen molar-refractivity contribution < 1.29 is 23.9 Å². The minimum Gasteiger partial charge on any atom is -0.490 e. The summed E-state index contributed by atoms with van der Waals surface area (Å²) in [6.07, 6.45) is 1.25. The second-order valence-corrected chi connectivity index (χ2v) is 7.63. The summed E-state index contributed by atoms with van der Waals surface area (Å²) in [6, 6.07) is 9.29. The largest absolute Gasteiger partial charge is 0.490 e. The number of aryl methyl sites for hydroxylation is 1. The van der Waals surface area contributed by atoms with Gasteiger partial charge in [-0.3, -0.25) is 14.9 Å². The molecule has 1 aliphatic rings. The van der Waals surface area contributed by atoms with Crippen LogP contribution in [-0.2, 0) is 9.59 Å². The minimum atomic E-state index is -0.800. The summed E-state index contributed by atoms with van der Waals surface area (Å²) in [6.45, 7) is 7.77. The number of hydrogen-bond donors (Lipinski definition) is 1. The van der Waals surface area contributed by atoms with E-state index in [4.69, 9.17) is 21.1 Å². The van der Waals surface area contributed by atoms with Crippen LogP contribution >= 0.6 is 11.6 Å². The molecule has 2 aromatic rings. The van der Waals surface area contributed by atoms with E-state index < -0.39 is 17.8 Å². The Labute approximate surface area is 185 Å². The van der Waals surface area contributed by atoms with E-state index >= 15 is 0 Å². The molecular weight excluding hydrogens is 420 g/mol. The number of nitrogens with one attached hydrogen (secondary N) is 1. The van der Waals surface area contributed by atoms with Gasteiger partial charge in [-0.2, -0.15) is 0 Å². The molecule has 1 fully saturated rings. The van der Waals surface area contributed by atoms with Gasteiger partial charge in [-0.05, 0) is 69.2 Å². The molecular formula is C23H23ClN2O5. The lowest BCUT2D eigenvalue weighted by atomic mass is 10.1. The minimum absolute atomic E-state index is 0.125. The van der Waals surface area contributed by atoms with Crippen LogP contribution in [0.15, 0.2) is 42.0 Å². The Hall–Kier alpha value is -3.32. The van der Waals surface area contributed by atoms with Crippen LogP contribution in [0.4, 0.5) is 10.5 Å². The van der Waals surface area contributed by atoms with E-state index in [-0.39, 0.29) is 16.7 Å². The van der Waals surface area contributed by atoms with Crippen LogP contribution < -0.4 is 19.7 Å². The molecule has 2 aromatic carbocycles. The Balaban J connectivity index is 2.04. The van der Waals surface area contributed by atoms with Crippen molar-refractivity contribution in [2.45, 2.75) is 33.8 Å². The summed E-state index contributed by atoms with van der Waals surface area (Å²) >= 11 is 6.39. The fourth-order valence-corrected chi connectivity index (χ4v) is 3.37. The van der Waals surface area contributed by atoms with Crippen molar-refractivity contribution in [1.29, 1.82) is 0 Å². The summed E-state index contributed by atoms with van der Waals surface area (Å²) in [7, 11) is 0. The first-order chi connectivity index (χ1) is 14.7. The molecule has 0 saturated carbocycles. The maximum atomic E-state index is 13.1. The Morgan fingerprint density at radius 3 is 2.55 bits per heavy atom. The van der Waals surface area contributed by atoms with Crippen LogP contribution in [0.2, 0.25) is 5.02 Å². The lowest BCUT2D eigenvalue weighted by molar-refractivity contribution is -0.122. The van der Waals surface area contributed by atoms with Gasteiger partial charge in [-0.15, -0.1) is 0 Å². The summed E-state index contributed by atoms with van der Waals surface area (Å²) in [5.74, 6) is -0.728. The number of amides is 4. The Bertz CT molecular complexity index is 1080. The lowest BCUT2D eigenvalue weighted by Crippen LogP contribution is -2.54. The molecule has 31 heavy (non-hydrogen) atoms. The summed E-state index contributed by atoms with van der Waals surface area (Å²) in [4.78, 5) is 38.8. The van der Waals surface area contributed by atoms with Gasteiger partial charge in [0, 0.05) is 0 Å². The van der Waals surface area contributed by atoms with Gasteiger partial charge in [-0.1, -0.05) is 23.7 Å². The van der Waals surface area contributed by atoms with Crippen molar-refractivity contribution in [3.8, 4) is 11.5 Å². The third-order valence-corrected chi connectivity index (χ3v) is 4.64. The number of carbonyl (C=O) groups is 3. The summed E-state index contributed by atoms with van der Waals surface area (Å²) in [5, 5.41) is 2.49. The summed E-state index contributed by atoms with van der Waals surface area (Å²) in [5.41, 5.74) is 1.50. The zero-order chi connectivity index (χ0) is 22.7. The first-order valence-corrected chi connectivity index (χ1v) is 10.2. The maximum Gasteiger partial charge on any atom is 0.335 e. The number of imide groups is 2.